The van der Waals surface area contributed by atoms with Crippen LogP contribution in [0.2, 0.25) is 0 Å². The number of unbranched alkanes of at least 4 members (excludes halogenated alkanes) is 1. The van der Waals surface area contributed by atoms with Crippen LogP contribution in [0.4, 0.5) is 22.0 Å². The van der Waals surface area contributed by atoms with Gasteiger partial charge in [-0.25, -0.2) is 0 Å². The van der Waals surface area contributed by atoms with Crippen molar-refractivity contribution in [1.82, 2.24) is 0 Å². The molecule has 0 heterocycles. The maximum atomic E-state index is 13.3. The molecule has 0 N–H and O–H groups in total. The summed E-state index contributed by atoms with van der Waals surface area (Å²) in [5, 5.41) is 0. The van der Waals surface area contributed by atoms with E-state index in [0.717, 1.165) is 22.6 Å². The molecular formula is C12H19F5I2. The lowest BCUT2D eigenvalue weighted by atomic mass is 9.75. The Bertz CT molecular complexity index is 249. The van der Waals surface area contributed by atoms with Crippen LogP contribution in [-0.2, 0) is 0 Å². The van der Waals surface area contributed by atoms with Gasteiger partial charge in [0.15, 0.2) is 0 Å². The van der Waals surface area contributed by atoms with E-state index in [2.05, 4.69) is 0 Å². The van der Waals surface area contributed by atoms with Gasteiger partial charge in [-0.2, -0.15) is 22.0 Å². The lowest BCUT2D eigenvalue weighted by Crippen LogP contribution is -2.38. The van der Waals surface area contributed by atoms with Gasteiger partial charge in [0, 0.05) is 10.8 Å². The summed E-state index contributed by atoms with van der Waals surface area (Å²) < 4.78 is 62.9. The molecule has 0 aliphatic carbocycles. The highest BCUT2D eigenvalue weighted by molar-refractivity contribution is 14.1. The first-order valence-electron chi connectivity index (χ1n) is 6.27. The molecule has 0 bridgehead atoms. The molecule has 1 atom stereocenters. The molecule has 0 aromatic rings. The van der Waals surface area contributed by atoms with Crippen molar-refractivity contribution in [2.45, 2.75) is 62.0 Å². The SMILES string of the molecule is CCCCC(CCI)(CCCC(F)(F)I)C(F)(F)F. The second-order valence-corrected chi connectivity index (χ2v) is 7.45. The molecule has 19 heavy (non-hydrogen) atoms. The van der Waals surface area contributed by atoms with E-state index in [1.165, 1.54) is 0 Å². The lowest BCUT2D eigenvalue weighted by molar-refractivity contribution is -0.231. The van der Waals surface area contributed by atoms with Crippen molar-refractivity contribution in [2.24, 2.45) is 5.41 Å². The van der Waals surface area contributed by atoms with Gasteiger partial charge in [-0.15, -0.1) is 0 Å². The predicted molar refractivity (Wildman–Crippen MR) is 84.3 cm³/mol. The Hall–Kier alpha value is 1.11. The molecule has 7 heteroatoms. The molecule has 0 saturated carbocycles. The van der Waals surface area contributed by atoms with Crippen molar-refractivity contribution < 1.29 is 22.0 Å². The van der Waals surface area contributed by atoms with E-state index in [9.17, 15) is 22.0 Å². The zero-order valence-corrected chi connectivity index (χ0v) is 15.1. The van der Waals surface area contributed by atoms with Crippen molar-refractivity contribution in [3.8, 4) is 0 Å². The summed E-state index contributed by atoms with van der Waals surface area (Å²) in [6, 6.07) is 0. The molecule has 0 radical (unpaired) electrons. The van der Waals surface area contributed by atoms with Crippen LogP contribution in [0.3, 0.4) is 0 Å². The summed E-state index contributed by atoms with van der Waals surface area (Å²) in [5.74, 6) is 0. The van der Waals surface area contributed by atoms with E-state index in [0.29, 0.717) is 17.3 Å². The van der Waals surface area contributed by atoms with Gasteiger partial charge in [0.1, 0.15) is 0 Å². The minimum atomic E-state index is -4.31. The van der Waals surface area contributed by atoms with E-state index in [4.69, 9.17) is 0 Å². The van der Waals surface area contributed by atoms with Crippen molar-refractivity contribution in [3.05, 3.63) is 0 Å². The van der Waals surface area contributed by atoms with E-state index < -0.39 is 21.9 Å². The fraction of sp³-hybridized carbons (Fsp3) is 1.00. The Morgan fingerprint density at radius 2 is 1.37 bits per heavy atom. The monoisotopic (exact) mass is 512 g/mol. The molecular weight excluding hydrogens is 493 g/mol. The van der Waals surface area contributed by atoms with Gasteiger partial charge in [0.05, 0.1) is 5.41 Å². The smallest absolute Gasteiger partial charge is 0.195 e. The van der Waals surface area contributed by atoms with Gasteiger partial charge in [0.25, 0.3) is 3.93 Å². The molecule has 0 aliphatic heterocycles. The first-order chi connectivity index (χ1) is 8.58. The normalized spacial score (nSPS) is 16.4. The van der Waals surface area contributed by atoms with Crippen molar-refractivity contribution in [3.63, 3.8) is 0 Å². The largest absolute Gasteiger partial charge is 0.394 e. The summed E-state index contributed by atoms with van der Waals surface area (Å²) in [7, 11) is 0. The zero-order chi connectivity index (χ0) is 15.2. The molecule has 0 spiro atoms. The van der Waals surface area contributed by atoms with Gasteiger partial charge < -0.3 is 0 Å². The summed E-state index contributed by atoms with van der Waals surface area (Å²) in [6.45, 7) is 1.84. The molecule has 116 valence electrons. The Labute approximate surface area is 138 Å². The molecule has 0 amide bonds. The first kappa shape index (κ1) is 20.1. The maximum absolute atomic E-state index is 13.3. The van der Waals surface area contributed by atoms with Crippen molar-refractivity contribution >= 4 is 45.2 Å². The van der Waals surface area contributed by atoms with Gasteiger partial charge in [-0.1, -0.05) is 42.4 Å². The van der Waals surface area contributed by atoms with Gasteiger partial charge in [0.2, 0.25) is 0 Å². The summed E-state index contributed by atoms with van der Waals surface area (Å²) in [5.41, 5.74) is -1.79. The molecule has 1 unspecified atom stereocenters. The van der Waals surface area contributed by atoms with Crippen LogP contribution < -0.4 is 0 Å². The third-order valence-corrected chi connectivity index (χ3v) is 4.38. The first-order valence-corrected chi connectivity index (χ1v) is 8.88. The van der Waals surface area contributed by atoms with Crippen LogP contribution in [-0.4, -0.2) is 14.5 Å². The van der Waals surface area contributed by atoms with Crippen molar-refractivity contribution in [2.75, 3.05) is 4.43 Å². The third kappa shape index (κ3) is 7.61. The highest BCUT2D eigenvalue weighted by Gasteiger charge is 2.52. The molecule has 0 aromatic heterocycles. The van der Waals surface area contributed by atoms with Crippen LogP contribution in [0.15, 0.2) is 0 Å². The highest BCUT2D eigenvalue weighted by atomic mass is 127. The molecule has 0 nitrogen and oxygen atoms in total. The van der Waals surface area contributed by atoms with E-state index in [1.54, 1.807) is 0 Å². The predicted octanol–water partition coefficient (Wildman–Crippen LogP) is 6.75. The molecule has 0 rings (SSSR count). The summed E-state index contributed by atoms with van der Waals surface area (Å²) >= 11 is 2.91. The van der Waals surface area contributed by atoms with Gasteiger partial charge >= 0.3 is 6.18 Å². The van der Waals surface area contributed by atoms with E-state index in [-0.39, 0.29) is 25.7 Å². The van der Waals surface area contributed by atoms with E-state index >= 15 is 0 Å². The second kappa shape index (κ2) is 8.53. The van der Waals surface area contributed by atoms with Crippen LogP contribution in [0.25, 0.3) is 0 Å². The third-order valence-electron chi connectivity index (χ3n) is 3.30. The van der Waals surface area contributed by atoms with Crippen LogP contribution in [0, 0.1) is 5.41 Å². The fourth-order valence-electron chi connectivity index (χ4n) is 2.12. The minimum Gasteiger partial charge on any atom is -0.195 e. The highest BCUT2D eigenvalue weighted by Crippen LogP contribution is 2.49. The average Bonchev–Trinajstić information content (AvgIpc) is 2.22. The lowest BCUT2D eigenvalue weighted by Gasteiger charge is -2.36. The minimum absolute atomic E-state index is 0.0177. The quantitative estimate of drug-likeness (QED) is 0.182. The van der Waals surface area contributed by atoms with Gasteiger partial charge in [-0.3, -0.25) is 0 Å². The Morgan fingerprint density at radius 3 is 1.74 bits per heavy atom. The number of halogens is 7. The number of hydrogen-bond donors (Lipinski definition) is 0. The number of alkyl halides is 7. The van der Waals surface area contributed by atoms with E-state index in [1.807, 2.05) is 29.5 Å². The second-order valence-electron chi connectivity index (χ2n) is 4.79. The van der Waals surface area contributed by atoms with Crippen molar-refractivity contribution in [1.29, 1.82) is 0 Å². The fourth-order valence-corrected chi connectivity index (χ4v) is 3.54. The molecule has 0 fully saturated rings. The Kier molecular flexibility index (Phi) is 9.03. The summed E-state index contributed by atoms with van der Waals surface area (Å²) in [6.07, 6.45) is -3.86. The topological polar surface area (TPSA) is 0 Å². The molecule has 0 saturated heterocycles. The standard InChI is InChI=1S/C12H19F5I2/c1-2-3-5-10(8-9-18,12(15,16)17)6-4-7-11(13,14)19/h2-9H2,1H3. The Morgan fingerprint density at radius 1 is 0.842 bits per heavy atom. The summed E-state index contributed by atoms with van der Waals surface area (Å²) in [4.78, 5) is 0. The number of hydrogen-bond acceptors (Lipinski definition) is 0. The van der Waals surface area contributed by atoms with Gasteiger partial charge in [-0.05, 0) is 48.3 Å². The Balaban J connectivity index is 4.80. The van der Waals surface area contributed by atoms with Crippen LogP contribution in [0.1, 0.15) is 51.9 Å². The van der Waals surface area contributed by atoms with Crippen LogP contribution in [0.5, 0.6) is 0 Å². The average molecular weight is 512 g/mol. The molecule has 0 aliphatic rings. The maximum Gasteiger partial charge on any atom is 0.394 e. The zero-order valence-electron chi connectivity index (χ0n) is 10.8. The van der Waals surface area contributed by atoms with Crippen LogP contribution >= 0.6 is 45.2 Å². The molecule has 0 aromatic carbocycles. The number of rotatable bonds is 9.